The Hall–Kier alpha value is -5.25. The number of hydrogen-bond donors (Lipinski definition) is 3. The Bertz CT molecular complexity index is 1640. The summed E-state index contributed by atoms with van der Waals surface area (Å²) in [7, 11) is 0. The predicted octanol–water partition coefficient (Wildman–Crippen LogP) is 4.06. The first-order valence-electron chi connectivity index (χ1n) is 11.6. The average Bonchev–Trinajstić information content (AvgIpc) is 3.37. The number of rotatable bonds is 7. The number of nitrogens with one attached hydrogen (secondary N) is 2. The van der Waals surface area contributed by atoms with Gasteiger partial charge in [-0.3, -0.25) is 9.59 Å². The summed E-state index contributed by atoms with van der Waals surface area (Å²) in [5.74, 6) is -3.06. The van der Waals surface area contributed by atoms with Crippen molar-refractivity contribution in [3.05, 3.63) is 107 Å². The Morgan fingerprint density at radius 1 is 1.00 bits per heavy atom. The molecule has 4 aromatic rings. The molecule has 3 aromatic carbocycles. The van der Waals surface area contributed by atoms with Gasteiger partial charge in [0.25, 0.3) is 5.91 Å². The quantitative estimate of drug-likeness (QED) is 0.255. The van der Waals surface area contributed by atoms with E-state index in [9.17, 15) is 28.7 Å². The van der Waals surface area contributed by atoms with E-state index in [0.717, 1.165) is 21.4 Å². The van der Waals surface area contributed by atoms with Crippen LogP contribution >= 0.6 is 0 Å². The van der Waals surface area contributed by atoms with E-state index in [0.29, 0.717) is 12.1 Å². The normalized spacial score (nSPS) is 14.2. The zero-order valence-electron chi connectivity index (χ0n) is 19.8. The summed E-state index contributed by atoms with van der Waals surface area (Å²) in [6.45, 7) is -0.203. The van der Waals surface area contributed by atoms with E-state index in [2.05, 4.69) is 10.6 Å². The van der Waals surface area contributed by atoms with Gasteiger partial charge < -0.3 is 20.3 Å². The van der Waals surface area contributed by atoms with Gasteiger partial charge in [0.05, 0.1) is 11.3 Å². The van der Waals surface area contributed by atoms with E-state index in [1.807, 2.05) is 34.9 Å². The van der Waals surface area contributed by atoms with Crippen molar-refractivity contribution in [1.29, 1.82) is 0 Å². The van der Waals surface area contributed by atoms with Gasteiger partial charge in [-0.05, 0) is 42.0 Å². The molecule has 0 aliphatic carbocycles. The maximum Gasteiger partial charge on any atom is 0.335 e. The number of halogens is 1. The number of carboxylic acids is 1. The van der Waals surface area contributed by atoms with Crippen molar-refractivity contribution in [3.8, 4) is 0 Å². The minimum absolute atomic E-state index is 0.00975. The van der Waals surface area contributed by atoms with Gasteiger partial charge in [0, 0.05) is 29.2 Å². The molecule has 0 saturated carbocycles. The number of hydrogen-bond acceptors (Lipinski definition) is 4. The van der Waals surface area contributed by atoms with Crippen molar-refractivity contribution >= 4 is 46.5 Å². The lowest BCUT2D eigenvalue weighted by Gasteiger charge is -2.12. The summed E-state index contributed by atoms with van der Waals surface area (Å²) in [6.07, 6.45) is 3.33. The fourth-order valence-electron chi connectivity index (χ4n) is 4.29. The lowest BCUT2D eigenvalue weighted by atomic mass is 10.1. The second-order valence-electron chi connectivity index (χ2n) is 8.64. The number of aromatic carboxylic acids is 1. The third-order valence-corrected chi connectivity index (χ3v) is 6.06. The first-order chi connectivity index (χ1) is 18.3. The Morgan fingerprint density at radius 3 is 2.55 bits per heavy atom. The van der Waals surface area contributed by atoms with Crippen molar-refractivity contribution in [1.82, 2.24) is 14.8 Å². The predicted molar refractivity (Wildman–Crippen MR) is 138 cm³/mol. The van der Waals surface area contributed by atoms with Crippen LogP contribution in [0.2, 0.25) is 0 Å². The number of fused-ring (bicyclic) bond motifs is 1. The summed E-state index contributed by atoms with van der Waals surface area (Å²) < 4.78 is 15.8. The van der Waals surface area contributed by atoms with E-state index >= 15 is 0 Å². The third kappa shape index (κ3) is 4.87. The molecule has 9 nitrogen and oxygen atoms in total. The molecule has 0 spiro atoms. The molecule has 2 heterocycles. The number of anilines is 1. The molecule has 1 aliphatic rings. The molecule has 190 valence electrons. The monoisotopic (exact) mass is 512 g/mol. The molecule has 1 aliphatic heterocycles. The number of imide groups is 1. The van der Waals surface area contributed by atoms with Gasteiger partial charge in [-0.25, -0.2) is 18.9 Å². The molecule has 4 amide bonds. The molecule has 5 rings (SSSR count). The van der Waals surface area contributed by atoms with E-state index in [-0.39, 0.29) is 16.9 Å². The molecule has 3 N–H and O–H groups in total. The highest BCUT2D eigenvalue weighted by Crippen LogP contribution is 2.26. The Balaban J connectivity index is 1.39. The summed E-state index contributed by atoms with van der Waals surface area (Å²) in [6, 6.07) is 18.9. The second-order valence-corrected chi connectivity index (χ2v) is 8.64. The van der Waals surface area contributed by atoms with Gasteiger partial charge in [0.15, 0.2) is 0 Å². The summed E-state index contributed by atoms with van der Waals surface area (Å²) in [4.78, 5) is 49.9. The number of carbonyl (C=O) groups is 4. The van der Waals surface area contributed by atoms with E-state index in [1.165, 1.54) is 30.3 Å². The minimum atomic E-state index is -1.02. The smallest absolute Gasteiger partial charge is 0.335 e. The number of para-hydroxylation sites is 2. The van der Waals surface area contributed by atoms with E-state index in [1.54, 1.807) is 24.4 Å². The Labute approximate surface area is 215 Å². The lowest BCUT2D eigenvalue weighted by molar-refractivity contribution is -0.127. The summed E-state index contributed by atoms with van der Waals surface area (Å²) >= 11 is 0. The number of nitrogens with zero attached hydrogens (tertiary/aromatic N) is 2. The van der Waals surface area contributed by atoms with Gasteiger partial charge in [-0.1, -0.05) is 42.5 Å². The summed E-state index contributed by atoms with van der Waals surface area (Å²) in [5.41, 5.74) is 2.39. The highest BCUT2D eigenvalue weighted by molar-refractivity contribution is 6.16. The lowest BCUT2D eigenvalue weighted by Crippen LogP contribution is -2.38. The molecular weight excluding hydrogens is 491 g/mol. The Kier molecular flexibility index (Phi) is 6.44. The zero-order chi connectivity index (χ0) is 26.8. The molecule has 38 heavy (non-hydrogen) atoms. The number of benzene rings is 3. The van der Waals surface area contributed by atoms with Crippen molar-refractivity contribution in [3.63, 3.8) is 0 Å². The third-order valence-electron chi connectivity index (χ3n) is 6.06. The Morgan fingerprint density at radius 2 is 1.76 bits per heavy atom. The van der Waals surface area contributed by atoms with Crippen LogP contribution in [0.1, 0.15) is 21.5 Å². The molecular formula is C28H21FN4O5. The SMILES string of the molecule is O=C(CN1C(=O)N/C(=C/c2cn(Cc3cccc(C(=O)O)c3)c3ccccc23)C1=O)Nc1ccccc1F. The highest BCUT2D eigenvalue weighted by Gasteiger charge is 2.35. The van der Waals surface area contributed by atoms with Crippen molar-refractivity contribution in [2.75, 3.05) is 11.9 Å². The first-order valence-corrected chi connectivity index (χ1v) is 11.6. The topological polar surface area (TPSA) is 121 Å². The van der Waals surface area contributed by atoms with Crippen LogP contribution in [0.3, 0.4) is 0 Å². The van der Waals surface area contributed by atoms with Crippen LogP contribution in [0.15, 0.2) is 84.7 Å². The van der Waals surface area contributed by atoms with Gasteiger partial charge in [0.2, 0.25) is 5.91 Å². The van der Waals surface area contributed by atoms with Crippen molar-refractivity contribution in [2.24, 2.45) is 0 Å². The molecule has 1 fully saturated rings. The number of carboxylic acid groups (broad SMARTS) is 1. The molecule has 0 radical (unpaired) electrons. The number of urea groups is 1. The van der Waals surface area contributed by atoms with Crippen LogP contribution in [0.4, 0.5) is 14.9 Å². The molecule has 1 aromatic heterocycles. The molecule has 0 unspecified atom stereocenters. The number of aromatic nitrogens is 1. The van der Waals surface area contributed by atoms with Crippen LogP contribution in [-0.2, 0) is 16.1 Å². The number of carbonyl (C=O) groups excluding carboxylic acids is 3. The van der Waals surface area contributed by atoms with Crippen molar-refractivity contribution < 1.29 is 28.7 Å². The van der Waals surface area contributed by atoms with Gasteiger partial charge in [-0.2, -0.15) is 0 Å². The van der Waals surface area contributed by atoms with Crippen LogP contribution in [0.5, 0.6) is 0 Å². The summed E-state index contributed by atoms with van der Waals surface area (Å²) in [5, 5.41) is 15.0. The van der Waals surface area contributed by atoms with Gasteiger partial charge in [-0.15, -0.1) is 0 Å². The van der Waals surface area contributed by atoms with E-state index < -0.39 is 36.2 Å². The second kappa shape index (κ2) is 10.0. The maximum absolute atomic E-state index is 13.8. The van der Waals surface area contributed by atoms with Crippen LogP contribution < -0.4 is 10.6 Å². The fraction of sp³-hybridized carbons (Fsp3) is 0.0714. The molecule has 0 bridgehead atoms. The van der Waals surface area contributed by atoms with Gasteiger partial charge in [0.1, 0.15) is 18.1 Å². The zero-order valence-corrected chi connectivity index (χ0v) is 19.8. The average molecular weight is 512 g/mol. The molecule has 10 heteroatoms. The van der Waals surface area contributed by atoms with Gasteiger partial charge >= 0.3 is 12.0 Å². The molecule has 1 saturated heterocycles. The standard InChI is InChI=1S/C28H21FN4O5/c29-21-9-2-3-10-22(21)30-25(34)16-33-26(35)23(31-28(33)38)13-19-15-32(24-11-4-1-8-20(19)24)14-17-6-5-7-18(12-17)27(36)37/h1-13,15H,14,16H2,(H,30,34)(H,31,38)(H,36,37)/b23-13+. The first kappa shape index (κ1) is 24.4. The van der Waals surface area contributed by atoms with Crippen molar-refractivity contribution in [2.45, 2.75) is 6.54 Å². The number of amides is 4. The highest BCUT2D eigenvalue weighted by atomic mass is 19.1. The van der Waals surface area contributed by atoms with Crippen LogP contribution in [0.25, 0.3) is 17.0 Å². The molecule has 0 atom stereocenters. The van der Waals surface area contributed by atoms with E-state index in [4.69, 9.17) is 0 Å². The van der Waals surface area contributed by atoms with Crippen LogP contribution in [-0.4, -0.2) is 44.9 Å². The van der Waals surface area contributed by atoms with Crippen LogP contribution in [0, 0.1) is 5.82 Å². The largest absolute Gasteiger partial charge is 0.478 e. The minimum Gasteiger partial charge on any atom is -0.478 e. The fourth-order valence-corrected chi connectivity index (χ4v) is 4.29. The maximum atomic E-state index is 13.8.